The lowest BCUT2D eigenvalue weighted by atomic mass is 9.98. The number of amides is 1. The van der Waals surface area contributed by atoms with Crippen LogP contribution in [-0.2, 0) is 4.74 Å². The minimum absolute atomic E-state index is 0.00760. The molecule has 2 aromatic rings. The number of aromatic nitrogens is 1. The number of aromatic amines is 1. The van der Waals surface area contributed by atoms with E-state index in [0.717, 1.165) is 17.8 Å². The van der Waals surface area contributed by atoms with E-state index in [-0.39, 0.29) is 18.1 Å². The van der Waals surface area contributed by atoms with Gasteiger partial charge in [-0.15, -0.1) is 0 Å². The van der Waals surface area contributed by atoms with E-state index in [4.69, 9.17) is 4.74 Å². The third kappa shape index (κ3) is 3.48. The molecule has 2 heterocycles. The highest BCUT2D eigenvalue weighted by Crippen LogP contribution is 2.40. The monoisotopic (exact) mass is 339 g/mol. The second kappa shape index (κ2) is 7.02. The molecule has 5 heteroatoms. The lowest BCUT2D eigenvalue weighted by Crippen LogP contribution is -2.48. The van der Waals surface area contributed by atoms with Crippen LogP contribution in [0.4, 0.5) is 0 Å². The summed E-state index contributed by atoms with van der Waals surface area (Å²) in [6.07, 6.45) is 4.16. The molecular weight excluding hydrogens is 314 g/mol. The molecule has 0 spiro atoms. The van der Waals surface area contributed by atoms with E-state index in [1.165, 1.54) is 18.4 Å². The number of H-pyrrole nitrogens is 1. The normalized spacial score (nSPS) is 24.2. The number of rotatable bonds is 5. The van der Waals surface area contributed by atoms with Gasteiger partial charge in [0.2, 0.25) is 0 Å². The Morgan fingerprint density at radius 1 is 1.28 bits per heavy atom. The van der Waals surface area contributed by atoms with Crippen LogP contribution < -0.4 is 5.32 Å². The molecule has 1 saturated heterocycles. The minimum Gasteiger partial charge on any atom is -0.373 e. The molecule has 1 aliphatic carbocycles. The van der Waals surface area contributed by atoms with Crippen LogP contribution in [0.2, 0.25) is 0 Å². The number of likely N-dealkylation sites (N-methyl/N-ethyl adjacent to an activating group) is 1. The SMILES string of the molecule is CN1CCO[C@@H](CNC(=O)c2cc[nH]c2C2CC2)[C@@H]1c1ccccc1. The lowest BCUT2D eigenvalue weighted by molar-refractivity contribution is -0.0605. The Labute approximate surface area is 148 Å². The van der Waals surface area contributed by atoms with Gasteiger partial charge in [-0.05, 0) is 37.4 Å². The summed E-state index contributed by atoms with van der Waals surface area (Å²) in [6, 6.07) is 12.4. The number of hydrogen-bond donors (Lipinski definition) is 2. The van der Waals surface area contributed by atoms with Crippen LogP contribution in [0.3, 0.4) is 0 Å². The van der Waals surface area contributed by atoms with Gasteiger partial charge < -0.3 is 15.0 Å². The first kappa shape index (κ1) is 16.4. The summed E-state index contributed by atoms with van der Waals surface area (Å²) in [6.45, 7) is 2.10. The van der Waals surface area contributed by atoms with Crippen molar-refractivity contribution < 1.29 is 9.53 Å². The smallest absolute Gasteiger partial charge is 0.253 e. The van der Waals surface area contributed by atoms with Gasteiger partial charge in [-0.2, -0.15) is 0 Å². The van der Waals surface area contributed by atoms with Crippen molar-refractivity contribution in [2.45, 2.75) is 30.9 Å². The van der Waals surface area contributed by atoms with Crippen molar-refractivity contribution in [2.75, 3.05) is 26.7 Å². The number of hydrogen-bond acceptors (Lipinski definition) is 3. The second-order valence-electron chi connectivity index (χ2n) is 7.03. The summed E-state index contributed by atoms with van der Waals surface area (Å²) < 4.78 is 6.01. The van der Waals surface area contributed by atoms with Gasteiger partial charge in [0.1, 0.15) is 0 Å². The van der Waals surface area contributed by atoms with Gasteiger partial charge in [0.05, 0.1) is 24.3 Å². The van der Waals surface area contributed by atoms with E-state index < -0.39 is 0 Å². The first-order chi connectivity index (χ1) is 12.2. The van der Waals surface area contributed by atoms with Crippen molar-refractivity contribution in [1.29, 1.82) is 0 Å². The number of morpholine rings is 1. The summed E-state index contributed by atoms with van der Waals surface area (Å²) in [5.41, 5.74) is 3.09. The number of nitrogens with zero attached hydrogens (tertiary/aromatic N) is 1. The van der Waals surface area contributed by atoms with Crippen LogP contribution >= 0.6 is 0 Å². The molecule has 2 N–H and O–H groups in total. The summed E-state index contributed by atoms with van der Waals surface area (Å²) in [4.78, 5) is 18.2. The fraction of sp³-hybridized carbons (Fsp3) is 0.450. The molecule has 132 valence electrons. The molecule has 1 aromatic carbocycles. The number of nitrogens with one attached hydrogen (secondary N) is 2. The van der Waals surface area contributed by atoms with Gasteiger partial charge in [0.25, 0.3) is 5.91 Å². The third-order valence-corrected chi connectivity index (χ3v) is 5.22. The van der Waals surface area contributed by atoms with Crippen LogP contribution in [0.1, 0.15) is 46.4 Å². The Hall–Kier alpha value is -2.11. The fourth-order valence-corrected chi connectivity index (χ4v) is 3.73. The summed E-state index contributed by atoms with van der Waals surface area (Å²) >= 11 is 0. The van der Waals surface area contributed by atoms with E-state index in [9.17, 15) is 4.79 Å². The fourth-order valence-electron chi connectivity index (χ4n) is 3.73. The highest BCUT2D eigenvalue weighted by Gasteiger charge is 2.33. The Bertz CT molecular complexity index is 724. The van der Waals surface area contributed by atoms with Crippen molar-refractivity contribution >= 4 is 5.91 Å². The average molecular weight is 339 g/mol. The van der Waals surface area contributed by atoms with Crippen molar-refractivity contribution in [3.8, 4) is 0 Å². The van der Waals surface area contributed by atoms with Crippen LogP contribution in [0, 0.1) is 0 Å². The Morgan fingerprint density at radius 2 is 2.08 bits per heavy atom. The quantitative estimate of drug-likeness (QED) is 0.881. The molecule has 1 saturated carbocycles. The predicted octanol–water partition coefficient (Wildman–Crippen LogP) is 2.69. The number of ether oxygens (including phenoxy) is 1. The van der Waals surface area contributed by atoms with E-state index in [2.05, 4.69) is 46.5 Å². The molecule has 2 aliphatic rings. The molecule has 4 rings (SSSR count). The maximum Gasteiger partial charge on any atom is 0.253 e. The van der Waals surface area contributed by atoms with Crippen LogP contribution in [0.5, 0.6) is 0 Å². The zero-order valence-electron chi connectivity index (χ0n) is 14.6. The summed E-state index contributed by atoms with van der Waals surface area (Å²) in [5.74, 6) is 0.525. The maximum atomic E-state index is 12.6. The summed E-state index contributed by atoms with van der Waals surface area (Å²) in [7, 11) is 2.12. The van der Waals surface area contributed by atoms with Gasteiger partial charge in [-0.1, -0.05) is 30.3 Å². The number of benzene rings is 1. The van der Waals surface area contributed by atoms with Crippen LogP contribution in [0.15, 0.2) is 42.6 Å². The third-order valence-electron chi connectivity index (χ3n) is 5.22. The van der Waals surface area contributed by atoms with Crippen molar-refractivity contribution in [3.63, 3.8) is 0 Å². The van der Waals surface area contributed by atoms with Gasteiger partial charge in [0.15, 0.2) is 0 Å². The largest absolute Gasteiger partial charge is 0.373 e. The predicted molar refractivity (Wildman–Crippen MR) is 96.7 cm³/mol. The van der Waals surface area contributed by atoms with Crippen LogP contribution in [0.25, 0.3) is 0 Å². The van der Waals surface area contributed by atoms with Crippen molar-refractivity contribution in [3.05, 3.63) is 59.4 Å². The van der Waals surface area contributed by atoms with E-state index in [0.29, 0.717) is 19.1 Å². The Balaban J connectivity index is 1.45. The molecule has 2 fully saturated rings. The maximum absolute atomic E-state index is 12.6. The molecule has 1 aliphatic heterocycles. The van der Waals surface area contributed by atoms with E-state index in [1.807, 2.05) is 18.3 Å². The van der Waals surface area contributed by atoms with E-state index in [1.54, 1.807) is 0 Å². The lowest BCUT2D eigenvalue weighted by Gasteiger charge is -2.39. The van der Waals surface area contributed by atoms with Crippen LogP contribution in [-0.4, -0.2) is 48.6 Å². The van der Waals surface area contributed by atoms with Gasteiger partial charge in [-0.25, -0.2) is 0 Å². The number of carbonyl (C=O) groups excluding carboxylic acids is 1. The van der Waals surface area contributed by atoms with Crippen molar-refractivity contribution in [1.82, 2.24) is 15.2 Å². The highest BCUT2D eigenvalue weighted by atomic mass is 16.5. The molecule has 0 bridgehead atoms. The van der Waals surface area contributed by atoms with E-state index >= 15 is 0 Å². The standard InChI is InChI=1S/C20H25N3O2/c1-23-11-12-25-17(19(23)15-5-3-2-4-6-15)13-22-20(24)16-9-10-21-18(16)14-7-8-14/h2-6,9-10,14,17,19,21H,7-8,11-13H2,1H3,(H,22,24)/t17-,19-/m0/s1. The molecule has 1 amide bonds. The topological polar surface area (TPSA) is 57.4 Å². The van der Waals surface area contributed by atoms with Gasteiger partial charge in [-0.3, -0.25) is 9.69 Å². The molecular formula is C20H25N3O2. The van der Waals surface area contributed by atoms with Gasteiger partial charge >= 0.3 is 0 Å². The number of carbonyl (C=O) groups is 1. The Morgan fingerprint density at radius 3 is 2.84 bits per heavy atom. The molecule has 0 unspecified atom stereocenters. The molecule has 1 aromatic heterocycles. The molecule has 0 radical (unpaired) electrons. The zero-order chi connectivity index (χ0) is 17.2. The molecule has 2 atom stereocenters. The Kier molecular flexibility index (Phi) is 4.59. The average Bonchev–Trinajstić information content (AvgIpc) is 3.37. The minimum atomic E-state index is -0.0478. The molecule has 25 heavy (non-hydrogen) atoms. The first-order valence-corrected chi connectivity index (χ1v) is 9.06. The second-order valence-corrected chi connectivity index (χ2v) is 7.03. The zero-order valence-corrected chi connectivity index (χ0v) is 14.6. The molecule has 5 nitrogen and oxygen atoms in total. The summed E-state index contributed by atoms with van der Waals surface area (Å²) in [5, 5.41) is 3.09. The highest BCUT2D eigenvalue weighted by molar-refractivity contribution is 5.95. The van der Waals surface area contributed by atoms with Crippen molar-refractivity contribution in [2.24, 2.45) is 0 Å². The van der Waals surface area contributed by atoms with Gasteiger partial charge in [0, 0.05) is 25.0 Å². The first-order valence-electron chi connectivity index (χ1n) is 9.06.